The molecule has 0 spiro atoms. The molecule has 172 valence electrons. The van der Waals surface area contributed by atoms with Gasteiger partial charge in [0, 0.05) is 0 Å². The van der Waals surface area contributed by atoms with Crippen LogP contribution < -0.4 is 0 Å². The van der Waals surface area contributed by atoms with E-state index in [0.717, 1.165) is 17.8 Å². The van der Waals surface area contributed by atoms with Gasteiger partial charge in [0.2, 0.25) is 0 Å². The van der Waals surface area contributed by atoms with Crippen LogP contribution in [0.5, 0.6) is 0 Å². The zero-order valence-electron chi connectivity index (χ0n) is 20.7. The van der Waals surface area contributed by atoms with Gasteiger partial charge in [-0.3, -0.25) is 0 Å². The molecule has 3 aliphatic rings. The molecule has 0 saturated heterocycles. The molecule has 0 nitrogen and oxygen atoms in total. The second-order valence-electron chi connectivity index (χ2n) is 10.7. The number of hydrogen-bond donors (Lipinski definition) is 0. The van der Waals surface area contributed by atoms with Crippen LogP contribution in [-0.2, 0) is 23.0 Å². The molecule has 2 heteroatoms. The molecule has 3 aliphatic carbocycles. The maximum absolute atomic E-state index is 2.55. The summed E-state index contributed by atoms with van der Waals surface area (Å²) in [5.74, 6) is 3.97. The molecule has 4 aromatic rings. The molecular formula is C32H36HfSi. The summed E-state index contributed by atoms with van der Waals surface area (Å²) in [7, 11) is 0. The summed E-state index contributed by atoms with van der Waals surface area (Å²) in [6.07, 6.45) is 11.5. The number of aryl methyl sites for hydroxylation is 2. The van der Waals surface area contributed by atoms with Crippen molar-refractivity contribution in [1.82, 2.24) is 0 Å². The van der Waals surface area contributed by atoms with Gasteiger partial charge in [-0.15, -0.1) is 69.1 Å². The fraction of sp³-hybridized carbons (Fsp3) is 0.406. The van der Waals surface area contributed by atoms with E-state index < -0.39 is 0 Å². The zero-order valence-corrected chi connectivity index (χ0v) is 25.3. The van der Waals surface area contributed by atoms with E-state index in [1.165, 1.54) is 113 Å². The van der Waals surface area contributed by atoms with E-state index >= 15 is 0 Å². The van der Waals surface area contributed by atoms with E-state index in [-0.39, 0.29) is 0 Å². The van der Waals surface area contributed by atoms with Crippen LogP contribution in [0.1, 0.15) is 85.5 Å². The fourth-order valence-electron chi connectivity index (χ4n) is 5.56. The van der Waals surface area contributed by atoms with Gasteiger partial charge in [-0.05, 0) is 37.5 Å². The Morgan fingerprint density at radius 2 is 1.21 bits per heavy atom. The SMILES string of the molecule is Cc1cc2c(C3CC3)cccc2[cH-]1.Cc1cc2c(C3CC3)cccc2[cH-]1.[Hf+2]=[Si]=CC1CCCC1. The van der Waals surface area contributed by atoms with E-state index in [1.807, 2.05) is 0 Å². The molecule has 4 aromatic carbocycles. The van der Waals surface area contributed by atoms with Gasteiger partial charge in [-0.1, -0.05) is 37.1 Å². The van der Waals surface area contributed by atoms with Crippen LogP contribution in [-0.4, -0.2) is 11.5 Å². The van der Waals surface area contributed by atoms with E-state index in [1.54, 1.807) is 11.1 Å². The van der Waals surface area contributed by atoms with Crippen molar-refractivity contribution in [2.24, 2.45) is 5.92 Å². The molecule has 0 unspecified atom stereocenters. The van der Waals surface area contributed by atoms with E-state index in [0.29, 0.717) is 0 Å². The molecule has 0 atom stereocenters. The molecule has 0 aromatic heterocycles. The molecule has 7 rings (SSSR count). The van der Waals surface area contributed by atoms with Crippen LogP contribution >= 0.6 is 0 Å². The monoisotopic (exact) mass is 628 g/mol. The van der Waals surface area contributed by atoms with Crippen molar-refractivity contribution < 1.29 is 23.0 Å². The first-order valence-corrected chi connectivity index (χ1v) is 19.7. The van der Waals surface area contributed by atoms with Gasteiger partial charge in [0.15, 0.2) is 0 Å². The molecule has 3 saturated carbocycles. The van der Waals surface area contributed by atoms with Crippen molar-refractivity contribution >= 4 is 33.0 Å². The van der Waals surface area contributed by atoms with Gasteiger partial charge in [0.05, 0.1) is 0 Å². The van der Waals surface area contributed by atoms with Crippen molar-refractivity contribution in [3.63, 3.8) is 0 Å². The summed E-state index contributed by atoms with van der Waals surface area (Å²) in [5, 5.41) is 5.81. The van der Waals surface area contributed by atoms with Crippen molar-refractivity contribution in [3.05, 3.63) is 82.9 Å². The van der Waals surface area contributed by atoms with Crippen molar-refractivity contribution in [3.8, 4) is 0 Å². The summed E-state index contributed by atoms with van der Waals surface area (Å²) in [4.78, 5) is 0. The van der Waals surface area contributed by atoms with Crippen LogP contribution in [0.2, 0.25) is 0 Å². The summed E-state index contributed by atoms with van der Waals surface area (Å²) in [6.45, 7) is 4.35. The molecule has 0 aliphatic heterocycles. The summed E-state index contributed by atoms with van der Waals surface area (Å²) >= 11 is 1.40. The second kappa shape index (κ2) is 11.1. The number of hydrogen-bond acceptors (Lipinski definition) is 0. The first-order valence-electron chi connectivity index (χ1n) is 13.2. The Balaban J connectivity index is 0.000000110. The molecule has 3 fully saturated rings. The third-order valence-corrected chi connectivity index (χ3v) is 10.0. The standard InChI is InChI=1S/2C13H13.C6H10Si.Hf/c2*1-9-7-11-3-2-4-12(10-5-6-10)13(11)8-9;7-5-6-3-1-2-4-6;/h2*2-4,7-8,10H,5-6H2,1H3;5-6H,1-4H2;/q2*-1;;+2. The fourth-order valence-corrected chi connectivity index (χ4v) is 8.67. The molecule has 34 heavy (non-hydrogen) atoms. The molecule has 0 amide bonds. The molecule has 0 heterocycles. The van der Waals surface area contributed by atoms with Crippen LogP contribution in [0.4, 0.5) is 0 Å². The molecule has 0 radical (unpaired) electrons. The van der Waals surface area contributed by atoms with Crippen LogP contribution in [0.3, 0.4) is 0 Å². The van der Waals surface area contributed by atoms with Gasteiger partial charge in [0.1, 0.15) is 0 Å². The summed E-state index contributed by atoms with van der Waals surface area (Å²) < 4.78 is 0. The first kappa shape index (κ1) is 24.3. The third-order valence-electron chi connectivity index (χ3n) is 7.61. The Hall–Kier alpha value is -1.38. The third kappa shape index (κ3) is 6.05. The van der Waals surface area contributed by atoms with Gasteiger partial charge < -0.3 is 0 Å². The Morgan fingerprint density at radius 3 is 1.62 bits per heavy atom. The number of fused-ring (bicyclic) bond motifs is 2. The van der Waals surface area contributed by atoms with Gasteiger partial charge in [-0.2, -0.15) is 12.1 Å². The summed E-state index contributed by atoms with van der Waals surface area (Å²) in [5.41, 5.74) is 8.49. The van der Waals surface area contributed by atoms with E-state index in [2.05, 4.69) is 80.2 Å². The molecular weight excluding hydrogens is 591 g/mol. The van der Waals surface area contributed by atoms with Gasteiger partial charge in [-0.25, -0.2) is 0 Å². The molecule has 0 bridgehead atoms. The number of rotatable bonds is 3. The maximum atomic E-state index is 2.55. The summed E-state index contributed by atoms with van der Waals surface area (Å²) in [6, 6.07) is 22.6. The van der Waals surface area contributed by atoms with Crippen LogP contribution in [0.15, 0.2) is 60.7 Å². The van der Waals surface area contributed by atoms with Crippen molar-refractivity contribution in [2.75, 3.05) is 0 Å². The van der Waals surface area contributed by atoms with Crippen molar-refractivity contribution in [1.29, 1.82) is 0 Å². The minimum atomic E-state index is 0.866. The average Bonchev–Trinajstić information content (AvgIpc) is 3.72. The quantitative estimate of drug-likeness (QED) is 0.158. The predicted octanol–water partition coefficient (Wildman–Crippen LogP) is 8.63. The normalized spacial score (nSPS) is 17.6. The van der Waals surface area contributed by atoms with Gasteiger partial charge in [0.25, 0.3) is 0 Å². The van der Waals surface area contributed by atoms with E-state index in [9.17, 15) is 0 Å². The molecule has 0 N–H and O–H groups in total. The second-order valence-corrected chi connectivity index (χ2v) is 14.4. The predicted molar refractivity (Wildman–Crippen MR) is 146 cm³/mol. The topological polar surface area (TPSA) is 0 Å². The van der Waals surface area contributed by atoms with Gasteiger partial charge >= 0.3 is 66.1 Å². The van der Waals surface area contributed by atoms with Crippen LogP contribution in [0.25, 0.3) is 21.5 Å². The Kier molecular flexibility index (Phi) is 7.96. The number of benzene rings is 2. The minimum absolute atomic E-state index is 0.866. The Labute approximate surface area is 220 Å². The first-order chi connectivity index (χ1) is 16.6. The van der Waals surface area contributed by atoms with Crippen molar-refractivity contribution in [2.45, 2.75) is 77.0 Å². The Morgan fingerprint density at radius 1 is 0.735 bits per heavy atom. The Bertz CT molecular complexity index is 1210. The average molecular weight is 627 g/mol. The van der Waals surface area contributed by atoms with Crippen LogP contribution in [0, 0.1) is 19.8 Å². The zero-order chi connectivity index (χ0) is 23.5. The van der Waals surface area contributed by atoms with E-state index in [4.69, 9.17) is 0 Å².